The second-order valence-corrected chi connectivity index (χ2v) is 4.71. The van der Waals surface area contributed by atoms with Crippen LogP contribution in [0.3, 0.4) is 0 Å². The van der Waals surface area contributed by atoms with Crippen LogP contribution in [-0.2, 0) is 0 Å². The van der Waals surface area contributed by atoms with Gasteiger partial charge < -0.3 is 15.9 Å². The number of hydrogen-bond donors (Lipinski definition) is 3. The zero-order chi connectivity index (χ0) is 13.3. The van der Waals surface area contributed by atoms with Crippen LogP contribution >= 0.6 is 0 Å². The highest BCUT2D eigenvalue weighted by Gasteiger charge is 2.32. The number of nitro groups is 1. The van der Waals surface area contributed by atoms with E-state index in [1.807, 2.05) is 0 Å². The van der Waals surface area contributed by atoms with E-state index in [-0.39, 0.29) is 22.9 Å². The van der Waals surface area contributed by atoms with E-state index in [0.717, 1.165) is 19.3 Å². The maximum absolute atomic E-state index is 10.7. The molecule has 18 heavy (non-hydrogen) atoms. The highest BCUT2D eigenvalue weighted by molar-refractivity contribution is 5.45. The lowest BCUT2D eigenvalue weighted by Gasteiger charge is -2.33. The van der Waals surface area contributed by atoms with Crippen LogP contribution in [0.4, 0.5) is 5.69 Å². The molecular weight excluding hydrogens is 236 g/mol. The van der Waals surface area contributed by atoms with E-state index in [0.29, 0.717) is 0 Å². The molecule has 0 heterocycles. The summed E-state index contributed by atoms with van der Waals surface area (Å²) in [6.07, 6.45) is 2.11. The SMILES string of the molecule is N[C@H](c1cc([N+](=O)[O-])ccc1O)[C@@H](O)C1CCC1. The van der Waals surface area contributed by atoms with Crippen molar-refractivity contribution in [3.05, 3.63) is 33.9 Å². The first-order valence-electron chi connectivity index (χ1n) is 5.91. The molecule has 2 atom stereocenters. The van der Waals surface area contributed by atoms with Crippen LogP contribution in [0.5, 0.6) is 5.75 Å². The van der Waals surface area contributed by atoms with Gasteiger partial charge >= 0.3 is 0 Å². The van der Waals surface area contributed by atoms with Crippen molar-refractivity contribution in [2.45, 2.75) is 31.4 Å². The van der Waals surface area contributed by atoms with Gasteiger partial charge in [-0.3, -0.25) is 10.1 Å². The predicted octanol–water partition coefficient (Wildman–Crippen LogP) is 1.46. The van der Waals surface area contributed by atoms with Gasteiger partial charge in [-0.1, -0.05) is 6.42 Å². The minimum atomic E-state index is -0.796. The fourth-order valence-electron chi connectivity index (χ4n) is 2.18. The van der Waals surface area contributed by atoms with Crippen LogP contribution in [-0.4, -0.2) is 21.2 Å². The fraction of sp³-hybridized carbons (Fsp3) is 0.500. The van der Waals surface area contributed by atoms with Crippen molar-refractivity contribution in [3.63, 3.8) is 0 Å². The Labute approximate surface area is 104 Å². The van der Waals surface area contributed by atoms with Crippen LogP contribution in [0.25, 0.3) is 0 Å². The lowest BCUT2D eigenvalue weighted by atomic mass is 9.77. The quantitative estimate of drug-likeness (QED) is 0.555. The Morgan fingerprint density at radius 3 is 2.61 bits per heavy atom. The molecule has 4 N–H and O–H groups in total. The predicted molar refractivity (Wildman–Crippen MR) is 65.0 cm³/mol. The summed E-state index contributed by atoms with van der Waals surface area (Å²) in [6, 6.07) is 2.87. The van der Waals surface area contributed by atoms with Gasteiger partial charge in [-0.25, -0.2) is 0 Å². The van der Waals surface area contributed by atoms with Crippen molar-refractivity contribution < 1.29 is 15.1 Å². The molecule has 1 saturated carbocycles. The van der Waals surface area contributed by atoms with Crippen LogP contribution < -0.4 is 5.73 Å². The average molecular weight is 252 g/mol. The summed E-state index contributed by atoms with van der Waals surface area (Å²) in [7, 11) is 0. The second-order valence-electron chi connectivity index (χ2n) is 4.71. The molecule has 0 spiro atoms. The largest absolute Gasteiger partial charge is 0.508 e. The van der Waals surface area contributed by atoms with Gasteiger partial charge in [0.2, 0.25) is 0 Å². The van der Waals surface area contributed by atoms with E-state index in [1.54, 1.807) is 0 Å². The Morgan fingerprint density at radius 2 is 2.11 bits per heavy atom. The summed E-state index contributed by atoms with van der Waals surface area (Å²) >= 11 is 0. The topological polar surface area (TPSA) is 110 Å². The number of nitro benzene ring substituents is 1. The molecule has 2 rings (SSSR count). The van der Waals surface area contributed by atoms with Gasteiger partial charge in [-0.05, 0) is 24.8 Å². The highest BCUT2D eigenvalue weighted by Crippen LogP contribution is 2.37. The number of benzene rings is 1. The molecule has 0 aliphatic heterocycles. The second kappa shape index (κ2) is 4.91. The number of aliphatic hydroxyl groups is 1. The lowest BCUT2D eigenvalue weighted by molar-refractivity contribution is -0.385. The Bertz CT molecular complexity index is 459. The summed E-state index contributed by atoms with van der Waals surface area (Å²) in [4.78, 5) is 10.1. The molecule has 1 aromatic carbocycles. The Kier molecular flexibility index (Phi) is 3.49. The van der Waals surface area contributed by atoms with Gasteiger partial charge in [-0.15, -0.1) is 0 Å². The summed E-state index contributed by atoms with van der Waals surface area (Å²) in [5.74, 6) is 0.00476. The number of phenols is 1. The minimum absolute atomic E-state index is 0.119. The third-order valence-corrected chi connectivity index (χ3v) is 3.58. The van der Waals surface area contributed by atoms with Crippen LogP contribution in [0.15, 0.2) is 18.2 Å². The average Bonchev–Trinajstić information content (AvgIpc) is 2.26. The van der Waals surface area contributed by atoms with Crippen molar-refractivity contribution in [1.29, 1.82) is 0 Å². The van der Waals surface area contributed by atoms with Crippen LogP contribution in [0.1, 0.15) is 30.9 Å². The molecule has 0 bridgehead atoms. The number of phenolic OH excluding ortho intramolecular Hbond substituents is 1. The first kappa shape index (κ1) is 12.8. The summed E-state index contributed by atoms with van der Waals surface area (Å²) in [5, 5.41) is 30.4. The van der Waals surface area contributed by atoms with Gasteiger partial charge in [-0.2, -0.15) is 0 Å². The van der Waals surface area contributed by atoms with E-state index in [1.165, 1.54) is 18.2 Å². The van der Waals surface area contributed by atoms with E-state index >= 15 is 0 Å². The minimum Gasteiger partial charge on any atom is -0.508 e. The monoisotopic (exact) mass is 252 g/mol. The maximum Gasteiger partial charge on any atom is 0.270 e. The number of hydrogen-bond acceptors (Lipinski definition) is 5. The smallest absolute Gasteiger partial charge is 0.270 e. The third-order valence-electron chi connectivity index (χ3n) is 3.58. The molecule has 0 aromatic heterocycles. The van der Waals surface area contributed by atoms with Gasteiger partial charge in [0.25, 0.3) is 5.69 Å². The fourth-order valence-corrected chi connectivity index (χ4v) is 2.18. The van der Waals surface area contributed by atoms with E-state index in [4.69, 9.17) is 5.73 Å². The van der Waals surface area contributed by atoms with Gasteiger partial charge in [0.1, 0.15) is 5.75 Å². The molecular formula is C12H16N2O4. The highest BCUT2D eigenvalue weighted by atomic mass is 16.6. The first-order valence-corrected chi connectivity index (χ1v) is 5.91. The Morgan fingerprint density at radius 1 is 1.44 bits per heavy atom. The van der Waals surface area contributed by atoms with Crippen molar-refractivity contribution in [1.82, 2.24) is 0 Å². The van der Waals surface area contributed by atoms with E-state index < -0.39 is 17.1 Å². The first-order chi connectivity index (χ1) is 8.50. The standard InChI is InChI=1S/C12H16N2O4/c13-11(12(16)7-2-1-3-7)9-6-8(14(17)18)4-5-10(9)15/h4-7,11-12,15-16H,1-3,13H2/t11-,12+/m1/s1. The van der Waals surface area contributed by atoms with E-state index in [2.05, 4.69) is 0 Å². The Hall–Kier alpha value is -1.66. The zero-order valence-electron chi connectivity index (χ0n) is 9.82. The number of aliphatic hydroxyl groups excluding tert-OH is 1. The molecule has 0 radical (unpaired) electrons. The van der Waals surface area contributed by atoms with Crippen LogP contribution in [0, 0.1) is 16.0 Å². The normalized spacial score (nSPS) is 19.0. The zero-order valence-corrected chi connectivity index (χ0v) is 9.82. The molecule has 6 heteroatoms. The maximum atomic E-state index is 10.7. The van der Waals surface area contributed by atoms with Gasteiger partial charge in [0.15, 0.2) is 0 Å². The molecule has 1 aromatic rings. The van der Waals surface area contributed by atoms with Crippen LogP contribution in [0.2, 0.25) is 0 Å². The molecule has 0 unspecified atom stereocenters. The molecule has 1 fully saturated rings. The van der Waals surface area contributed by atoms with Crippen molar-refractivity contribution >= 4 is 5.69 Å². The molecule has 6 nitrogen and oxygen atoms in total. The number of non-ortho nitro benzene ring substituents is 1. The summed E-state index contributed by atoms with van der Waals surface area (Å²) in [5.41, 5.74) is 5.97. The number of nitrogens with two attached hydrogens (primary N) is 1. The number of aromatic hydroxyl groups is 1. The summed E-state index contributed by atoms with van der Waals surface area (Å²) in [6.45, 7) is 0. The van der Waals surface area contributed by atoms with Gasteiger partial charge in [0.05, 0.1) is 17.1 Å². The third kappa shape index (κ3) is 2.30. The van der Waals surface area contributed by atoms with Crippen molar-refractivity contribution in [2.24, 2.45) is 11.7 Å². The molecule has 0 amide bonds. The van der Waals surface area contributed by atoms with E-state index in [9.17, 15) is 20.3 Å². The summed E-state index contributed by atoms with van der Waals surface area (Å²) < 4.78 is 0. The lowest BCUT2D eigenvalue weighted by Crippen LogP contribution is -2.36. The van der Waals surface area contributed by atoms with Gasteiger partial charge in [0, 0.05) is 17.7 Å². The van der Waals surface area contributed by atoms with Crippen molar-refractivity contribution in [2.75, 3.05) is 0 Å². The van der Waals surface area contributed by atoms with Crippen molar-refractivity contribution in [3.8, 4) is 5.75 Å². The molecule has 98 valence electrons. The molecule has 1 aliphatic carbocycles. The Balaban J connectivity index is 2.25. The number of nitrogens with zero attached hydrogens (tertiary/aromatic N) is 1. The molecule has 0 saturated heterocycles. The number of rotatable bonds is 4. The molecule has 1 aliphatic rings.